The van der Waals surface area contributed by atoms with Crippen molar-refractivity contribution in [3.63, 3.8) is 0 Å². The second-order valence-electron chi connectivity index (χ2n) is 4.76. The lowest BCUT2D eigenvalue weighted by Gasteiger charge is -2.24. The molecule has 4 rings (SSSR count). The van der Waals surface area contributed by atoms with E-state index < -0.39 is 0 Å². The van der Waals surface area contributed by atoms with E-state index >= 15 is 0 Å². The third kappa shape index (κ3) is 3.12. The number of benzene rings is 1. The Hall–Kier alpha value is -1.83. The zero-order valence-corrected chi connectivity index (χ0v) is 14.2. The van der Waals surface area contributed by atoms with Crippen molar-refractivity contribution in [3.8, 4) is 11.5 Å². The summed E-state index contributed by atoms with van der Waals surface area (Å²) in [6.07, 6.45) is -0.275. The lowest BCUT2D eigenvalue weighted by Crippen LogP contribution is -2.21. The molecule has 0 fully saturated rings. The number of thioether (sulfide) groups is 1. The van der Waals surface area contributed by atoms with E-state index in [4.69, 9.17) is 9.47 Å². The molecule has 116 valence electrons. The molecule has 0 bridgehead atoms. The number of hydrogen-bond donors (Lipinski definition) is 0. The number of fused-ring (bicyclic) bond motifs is 1. The fourth-order valence-corrected chi connectivity index (χ4v) is 4.59. The van der Waals surface area contributed by atoms with Gasteiger partial charge in [0.1, 0.15) is 17.3 Å². The van der Waals surface area contributed by atoms with Crippen LogP contribution < -0.4 is 9.47 Å². The molecule has 0 saturated carbocycles. The monoisotopic (exact) mass is 361 g/mol. The van der Waals surface area contributed by atoms with Crippen LogP contribution in [0.3, 0.4) is 0 Å². The summed E-state index contributed by atoms with van der Waals surface area (Å²) < 4.78 is 12.6. The van der Waals surface area contributed by atoms with Crippen molar-refractivity contribution < 1.29 is 14.3 Å². The lowest BCUT2D eigenvalue weighted by molar-refractivity contribution is 0.0908. The van der Waals surface area contributed by atoms with Crippen LogP contribution in [0.5, 0.6) is 11.5 Å². The molecule has 1 atom stereocenters. The fourth-order valence-electron chi connectivity index (χ4n) is 2.14. The van der Waals surface area contributed by atoms with Crippen LogP contribution in [-0.2, 0) is 0 Å². The third-order valence-corrected chi connectivity index (χ3v) is 6.07. The van der Waals surface area contributed by atoms with E-state index in [1.54, 1.807) is 16.7 Å². The van der Waals surface area contributed by atoms with E-state index in [-0.39, 0.29) is 11.2 Å². The molecule has 2 aromatic heterocycles. The molecule has 0 unspecified atom stereocenters. The number of thiophene rings is 1. The molecule has 4 nitrogen and oxygen atoms in total. The van der Waals surface area contributed by atoms with Crippen LogP contribution in [0.15, 0.2) is 51.4 Å². The average Bonchev–Trinajstić information content (AvgIpc) is 3.26. The SMILES string of the molecule is O=C(Sc1cccs1)c1csc([C@H]2COc3ccccc3O2)n1. The molecule has 3 aromatic rings. The van der Waals surface area contributed by atoms with E-state index in [0.29, 0.717) is 18.1 Å². The minimum Gasteiger partial charge on any atom is -0.485 e. The van der Waals surface area contributed by atoms with Crippen molar-refractivity contribution in [3.05, 3.63) is 57.9 Å². The van der Waals surface area contributed by atoms with Gasteiger partial charge in [0.15, 0.2) is 17.6 Å². The van der Waals surface area contributed by atoms with Gasteiger partial charge in [-0.25, -0.2) is 4.98 Å². The third-order valence-electron chi connectivity index (χ3n) is 3.20. The molecule has 0 spiro atoms. The van der Waals surface area contributed by atoms with Gasteiger partial charge in [-0.15, -0.1) is 22.7 Å². The molecule has 0 aliphatic carbocycles. The number of carbonyl (C=O) groups is 1. The number of thiazole rings is 1. The Labute approximate surface area is 145 Å². The average molecular weight is 361 g/mol. The lowest BCUT2D eigenvalue weighted by atomic mass is 10.2. The number of rotatable bonds is 3. The molecule has 0 radical (unpaired) electrons. The smallest absolute Gasteiger partial charge is 0.244 e. The number of ether oxygens (including phenoxy) is 2. The second-order valence-corrected chi connectivity index (χ2v) is 7.87. The van der Waals surface area contributed by atoms with Crippen molar-refractivity contribution in [1.29, 1.82) is 0 Å². The topological polar surface area (TPSA) is 48.4 Å². The van der Waals surface area contributed by atoms with Gasteiger partial charge in [0, 0.05) is 5.38 Å². The van der Waals surface area contributed by atoms with Gasteiger partial charge in [-0.05, 0) is 35.3 Å². The molecular weight excluding hydrogens is 350 g/mol. The van der Waals surface area contributed by atoms with Gasteiger partial charge in [-0.2, -0.15) is 0 Å². The molecule has 7 heteroatoms. The van der Waals surface area contributed by atoms with Gasteiger partial charge in [0.05, 0.1) is 4.21 Å². The van der Waals surface area contributed by atoms with Crippen molar-refractivity contribution >= 4 is 39.6 Å². The van der Waals surface area contributed by atoms with Crippen molar-refractivity contribution in [2.24, 2.45) is 0 Å². The first-order valence-corrected chi connectivity index (χ1v) is 9.47. The Balaban J connectivity index is 1.49. The van der Waals surface area contributed by atoms with Crippen LogP contribution in [0.2, 0.25) is 0 Å². The van der Waals surface area contributed by atoms with Crippen LogP contribution in [0.25, 0.3) is 0 Å². The van der Waals surface area contributed by atoms with E-state index in [9.17, 15) is 4.79 Å². The Morgan fingerprint density at radius 2 is 2.04 bits per heavy atom. The molecule has 23 heavy (non-hydrogen) atoms. The number of carbonyl (C=O) groups excluding carboxylic acids is 1. The van der Waals surface area contributed by atoms with Crippen molar-refractivity contribution in [1.82, 2.24) is 4.98 Å². The van der Waals surface area contributed by atoms with E-state index in [1.807, 2.05) is 41.8 Å². The summed E-state index contributed by atoms with van der Waals surface area (Å²) in [4.78, 5) is 16.7. The largest absolute Gasteiger partial charge is 0.485 e. The number of hydrogen-bond acceptors (Lipinski definition) is 7. The summed E-state index contributed by atoms with van der Waals surface area (Å²) in [5.74, 6) is 1.45. The van der Waals surface area contributed by atoms with E-state index in [2.05, 4.69) is 4.98 Å². The Morgan fingerprint density at radius 3 is 2.87 bits per heavy atom. The van der Waals surface area contributed by atoms with Crippen LogP contribution in [-0.4, -0.2) is 16.7 Å². The van der Waals surface area contributed by atoms with Crippen LogP contribution in [0, 0.1) is 0 Å². The predicted octanol–water partition coefficient (Wildman–Crippen LogP) is 4.65. The number of aromatic nitrogens is 1. The second kappa shape index (κ2) is 6.35. The standard InChI is InChI=1S/C16H11NO3S3/c18-16(23-14-6-3-7-21-14)10-9-22-15(17-10)13-8-19-11-4-1-2-5-12(11)20-13/h1-7,9,13H,8H2/t13-/m1/s1. The summed E-state index contributed by atoms with van der Waals surface area (Å²) in [5.41, 5.74) is 0.464. The first-order valence-electron chi connectivity index (χ1n) is 6.89. The van der Waals surface area contributed by atoms with Gasteiger partial charge < -0.3 is 9.47 Å². The summed E-state index contributed by atoms with van der Waals surface area (Å²) in [5, 5.41) is 4.44. The highest BCUT2D eigenvalue weighted by Gasteiger charge is 2.26. The molecule has 3 heterocycles. The highest BCUT2D eigenvalue weighted by Crippen LogP contribution is 2.37. The molecule has 1 aliphatic heterocycles. The minimum atomic E-state index is -0.275. The summed E-state index contributed by atoms with van der Waals surface area (Å²) >= 11 is 4.17. The molecule has 0 N–H and O–H groups in total. The molecule has 1 aliphatic rings. The maximum absolute atomic E-state index is 12.2. The number of nitrogens with zero attached hydrogens (tertiary/aromatic N) is 1. The summed E-state index contributed by atoms with van der Waals surface area (Å²) in [6, 6.07) is 11.4. The predicted molar refractivity (Wildman–Crippen MR) is 91.9 cm³/mol. The Morgan fingerprint density at radius 1 is 1.17 bits per heavy atom. The first-order chi connectivity index (χ1) is 11.3. The highest BCUT2D eigenvalue weighted by atomic mass is 32.2. The molecule has 0 saturated heterocycles. The van der Waals surface area contributed by atoms with Crippen molar-refractivity contribution in [2.45, 2.75) is 10.3 Å². The van der Waals surface area contributed by atoms with Gasteiger partial charge in [0.25, 0.3) is 0 Å². The van der Waals surface area contributed by atoms with E-state index in [0.717, 1.165) is 15.0 Å². The molecular formula is C16H11NO3S3. The zero-order valence-electron chi connectivity index (χ0n) is 11.8. The fraction of sp³-hybridized carbons (Fsp3) is 0.125. The van der Waals surface area contributed by atoms with Gasteiger partial charge in [0.2, 0.25) is 5.12 Å². The quantitative estimate of drug-likeness (QED) is 0.636. The first kappa shape index (κ1) is 14.7. The van der Waals surface area contributed by atoms with Crippen LogP contribution in [0.4, 0.5) is 0 Å². The van der Waals surface area contributed by atoms with E-state index in [1.165, 1.54) is 23.1 Å². The highest BCUT2D eigenvalue weighted by molar-refractivity contribution is 8.15. The normalized spacial score (nSPS) is 16.3. The van der Waals surface area contributed by atoms with Crippen LogP contribution in [0.1, 0.15) is 21.6 Å². The van der Waals surface area contributed by atoms with Gasteiger partial charge >= 0.3 is 0 Å². The maximum atomic E-state index is 12.2. The Bertz CT molecular complexity index is 829. The minimum absolute atomic E-state index is 0.0490. The van der Waals surface area contributed by atoms with Gasteiger partial charge in [-0.3, -0.25) is 4.79 Å². The zero-order chi connectivity index (χ0) is 15.6. The maximum Gasteiger partial charge on any atom is 0.244 e. The summed E-state index contributed by atoms with van der Waals surface area (Å²) in [7, 11) is 0. The van der Waals surface area contributed by atoms with Crippen molar-refractivity contribution in [2.75, 3.05) is 6.61 Å². The van der Waals surface area contributed by atoms with Crippen LogP contribution >= 0.6 is 34.4 Å². The Kier molecular flexibility index (Phi) is 4.07. The summed E-state index contributed by atoms with van der Waals surface area (Å²) in [6.45, 7) is 0.399. The molecule has 0 amide bonds. The number of para-hydroxylation sites is 2. The molecule has 1 aromatic carbocycles. The van der Waals surface area contributed by atoms with Gasteiger partial charge in [-0.1, -0.05) is 18.2 Å².